The first-order valence-corrected chi connectivity index (χ1v) is 11.4. The summed E-state index contributed by atoms with van der Waals surface area (Å²) in [6.07, 6.45) is 0.509. The van der Waals surface area contributed by atoms with Gasteiger partial charge in [-0.2, -0.15) is 0 Å². The van der Waals surface area contributed by atoms with Crippen LogP contribution in [0.1, 0.15) is 24.5 Å². The van der Waals surface area contributed by atoms with E-state index >= 15 is 0 Å². The van der Waals surface area contributed by atoms with Crippen LogP contribution in [0.2, 0.25) is 15.1 Å². The molecule has 0 saturated carbocycles. The molecule has 2 amide bonds. The molecule has 0 aliphatic carbocycles. The average Bonchev–Trinajstić information content (AvgIpc) is 2.71. The van der Waals surface area contributed by atoms with Crippen molar-refractivity contribution in [2.24, 2.45) is 0 Å². The van der Waals surface area contributed by atoms with Crippen LogP contribution in [0.3, 0.4) is 0 Å². The molecule has 0 bridgehead atoms. The highest BCUT2D eigenvalue weighted by molar-refractivity contribution is 7.99. The number of rotatable bonds is 9. The maximum atomic E-state index is 13.0. The average molecular weight is 474 g/mol. The zero-order valence-corrected chi connectivity index (χ0v) is 19.3. The molecule has 1 N–H and O–H groups in total. The van der Waals surface area contributed by atoms with Gasteiger partial charge < -0.3 is 10.2 Å². The molecule has 8 heteroatoms. The minimum Gasteiger partial charge on any atom is -0.357 e. The number of hydrogen-bond donors (Lipinski definition) is 1. The Bertz CT molecular complexity index is 846. The Labute approximate surface area is 190 Å². The molecule has 2 aromatic carbocycles. The van der Waals surface area contributed by atoms with Crippen LogP contribution < -0.4 is 5.32 Å². The topological polar surface area (TPSA) is 49.4 Å². The summed E-state index contributed by atoms with van der Waals surface area (Å²) in [5.41, 5.74) is 1.90. The van der Waals surface area contributed by atoms with Gasteiger partial charge in [0.1, 0.15) is 6.04 Å². The third-order valence-electron chi connectivity index (χ3n) is 4.38. The van der Waals surface area contributed by atoms with Crippen LogP contribution in [0.4, 0.5) is 0 Å². The highest BCUT2D eigenvalue weighted by Crippen LogP contribution is 2.24. The Morgan fingerprint density at radius 1 is 1.03 bits per heavy atom. The fourth-order valence-electron chi connectivity index (χ4n) is 2.84. The van der Waals surface area contributed by atoms with Crippen molar-refractivity contribution in [2.45, 2.75) is 31.7 Å². The Balaban J connectivity index is 2.11. The predicted octanol–water partition coefficient (Wildman–Crippen LogP) is 5.43. The van der Waals surface area contributed by atoms with Gasteiger partial charge in [-0.15, -0.1) is 11.8 Å². The summed E-state index contributed by atoms with van der Waals surface area (Å²) >= 11 is 19.5. The Morgan fingerprint density at radius 3 is 2.28 bits per heavy atom. The molecule has 0 radical (unpaired) electrons. The second-order valence-electron chi connectivity index (χ2n) is 6.43. The summed E-state index contributed by atoms with van der Waals surface area (Å²) in [6.45, 7) is 2.17. The Kier molecular flexibility index (Phi) is 9.63. The molecule has 0 saturated heterocycles. The Hall–Kier alpha value is -1.40. The molecule has 0 unspecified atom stereocenters. The minimum absolute atomic E-state index is 0.106. The highest BCUT2D eigenvalue weighted by atomic mass is 35.5. The molecule has 0 aromatic heterocycles. The van der Waals surface area contributed by atoms with Gasteiger partial charge in [-0.3, -0.25) is 9.59 Å². The lowest BCUT2D eigenvalue weighted by Crippen LogP contribution is -2.48. The third-order valence-corrected chi connectivity index (χ3v) is 6.36. The SMILES string of the molecule is CC[C@@H](C(=O)NC)N(Cc1ccc(Cl)c(Cl)c1)C(=O)CSCc1ccc(Cl)cc1. The van der Waals surface area contributed by atoms with Crippen LogP contribution in [-0.2, 0) is 21.9 Å². The highest BCUT2D eigenvalue weighted by Gasteiger charge is 2.27. The van der Waals surface area contributed by atoms with Crippen molar-refractivity contribution < 1.29 is 9.59 Å². The minimum atomic E-state index is -0.557. The number of benzene rings is 2. The van der Waals surface area contributed by atoms with E-state index in [1.807, 2.05) is 37.3 Å². The van der Waals surface area contributed by atoms with Gasteiger partial charge in [-0.05, 0) is 41.8 Å². The molecular weight excluding hydrogens is 451 g/mol. The van der Waals surface area contributed by atoms with Crippen LogP contribution in [0.15, 0.2) is 42.5 Å². The smallest absolute Gasteiger partial charge is 0.242 e. The molecule has 0 heterocycles. The molecule has 1 atom stereocenters. The van der Waals surface area contributed by atoms with E-state index in [-0.39, 0.29) is 24.1 Å². The van der Waals surface area contributed by atoms with Crippen molar-refractivity contribution >= 4 is 58.4 Å². The number of nitrogens with one attached hydrogen (secondary N) is 1. The second-order valence-corrected chi connectivity index (χ2v) is 8.66. The van der Waals surface area contributed by atoms with Gasteiger partial charge in [0.25, 0.3) is 0 Å². The van der Waals surface area contributed by atoms with E-state index in [0.29, 0.717) is 27.2 Å². The molecule has 2 rings (SSSR count). The van der Waals surface area contributed by atoms with Crippen molar-refractivity contribution in [1.82, 2.24) is 10.2 Å². The van der Waals surface area contributed by atoms with Crippen molar-refractivity contribution in [3.05, 3.63) is 68.7 Å². The van der Waals surface area contributed by atoms with E-state index in [4.69, 9.17) is 34.8 Å². The van der Waals surface area contributed by atoms with Crippen molar-refractivity contribution in [3.63, 3.8) is 0 Å². The first-order chi connectivity index (χ1) is 13.8. The normalized spacial score (nSPS) is 11.8. The van der Waals surface area contributed by atoms with Gasteiger partial charge in [-0.25, -0.2) is 0 Å². The van der Waals surface area contributed by atoms with E-state index in [1.54, 1.807) is 24.1 Å². The van der Waals surface area contributed by atoms with Gasteiger partial charge in [-0.1, -0.05) is 59.9 Å². The van der Waals surface area contributed by atoms with Crippen molar-refractivity contribution in [2.75, 3.05) is 12.8 Å². The molecule has 0 fully saturated rings. The van der Waals surface area contributed by atoms with Crippen molar-refractivity contribution in [1.29, 1.82) is 0 Å². The van der Waals surface area contributed by atoms with Gasteiger partial charge in [0.05, 0.1) is 15.8 Å². The van der Waals surface area contributed by atoms with Crippen molar-refractivity contribution in [3.8, 4) is 0 Å². The fraction of sp³-hybridized carbons (Fsp3) is 0.333. The first-order valence-electron chi connectivity index (χ1n) is 9.12. The predicted molar refractivity (Wildman–Crippen MR) is 123 cm³/mol. The van der Waals surface area contributed by atoms with Gasteiger partial charge >= 0.3 is 0 Å². The summed E-state index contributed by atoms with van der Waals surface area (Å²) in [7, 11) is 1.57. The number of halogens is 3. The third kappa shape index (κ3) is 7.10. The summed E-state index contributed by atoms with van der Waals surface area (Å²) in [4.78, 5) is 27.0. The molecule has 0 aliphatic heterocycles. The monoisotopic (exact) mass is 472 g/mol. The molecule has 29 heavy (non-hydrogen) atoms. The van der Waals surface area contributed by atoms with Gasteiger partial charge in [0.15, 0.2) is 0 Å². The van der Waals surface area contributed by atoms with E-state index in [2.05, 4.69) is 5.32 Å². The lowest BCUT2D eigenvalue weighted by Gasteiger charge is -2.30. The van der Waals surface area contributed by atoms with Crippen LogP contribution in [0.5, 0.6) is 0 Å². The number of carbonyl (C=O) groups is 2. The Morgan fingerprint density at radius 2 is 1.69 bits per heavy atom. The van der Waals surface area contributed by atoms with E-state index in [9.17, 15) is 9.59 Å². The zero-order valence-electron chi connectivity index (χ0n) is 16.3. The summed E-state index contributed by atoms with van der Waals surface area (Å²) < 4.78 is 0. The lowest BCUT2D eigenvalue weighted by molar-refractivity contribution is -0.139. The van der Waals surface area contributed by atoms with E-state index in [0.717, 1.165) is 11.1 Å². The molecule has 0 aliphatic rings. The molecular formula is C21H23Cl3N2O2S. The molecule has 4 nitrogen and oxygen atoms in total. The number of thioether (sulfide) groups is 1. The molecule has 156 valence electrons. The quantitative estimate of drug-likeness (QED) is 0.528. The molecule has 0 spiro atoms. The van der Waals surface area contributed by atoms with E-state index in [1.165, 1.54) is 11.8 Å². The standard InChI is InChI=1S/C21H23Cl3N2O2S/c1-3-19(21(28)25-2)26(11-15-6-9-17(23)18(24)10-15)20(27)13-29-12-14-4-7-16(22)8-5-14/h4-10,19H,3,11-13H2,1-2H3,(H,25,28)/t19-/m0/s1. The molecule has 2 aromatic rings. The number of likely N-dealkylation sites (N-methyl/N-ethyl adjacent to an activating group) is 1. The second kappa shape index (κ2) is 11.7. The fourth-order valence-corrected chi connectivity index (χ4v) is 4.16. The number of hydrogen-bond acceptors (Lipinski definition) is 3. The van der Waals surface area contributed by atoms with Crippen LogP contribution >= 0.6 is 46.6 Å². The number of amides is 2. The first kappa shape index (κ1) is 23.9. The lowest BCUT2D eigenvalue weighted by atomic mass is 10.1. The summed E-state index contributed by atoms with van der Waals surface area (Å²) in [5, 5.41) is 4.19. The van der Waals surface area contributed by atoms with Gasteiger partial charge in [0.2, 0.25) is 11.8 Å². The largest absolute Gasteiger partial charge is 0.357 e. The van der Waals surface area contributed by atoms with E-state index < -0.39 is 6.04 Å². The number of carbonyl (C=O) groups excluding carboxylic acids is 2. The van der Waals surface area contributed by atoms with Crippen LogP contribution in [0.25, 0.3) is 0 Å². The van der Waals surface area contributed by atoms with Crippen LogP contribution in [-0.4, -0.2) is 35.6 Å². The summed E-state index contributed by atoms with van der Waals surface area (Å²) in [6, 6.07) is 12.2. The zero-order chi connectivity index (χ0) is 21.4. The summed E-state index contributed by atoms with van der Waals surface area (Å²) in [5.74, 6) is 0.645. The van der Waals surface area contributed by atoms with Gasteiger partial charge in [0, 0.05) is 24.4 Å². The van der Waals surface area contributed by atoms with Crippen LogP contribution in [0, 0.1) is 0 Å². The maximum Gasteiger partial charge on any atom is 0.242 e. The maximum absolute atomic E-state index is 13.0. The number of nitrogens with zero attached hydrogens (tertiary/aromatic N) is 1.